The van der Waals surface area contributed by atoms with Crippen LogP contribution in [0.1, 0.15) is 11.6 Å². The normalized spacial score (nSPS) is 12.4. The number of hydrogen-bond acceptors (Lipinski definition) is 4. The number of carbonyl (C=O) groups is 1. The number of halogens is 3. The van der Waals surface area contributed by atoms with E-state index in [0.717, 1.165) is 17.7 Å². The lowest BCUT2D eigenvalue weighted by molar-refractivity contribution is -0.274. The average Bonchev–Trinajstić information content (AvgIpc) is 2.60. The molecule has 2 aromatic rings. The first-order valence-electron chi connectivity index (χ1n) is 8.39. The van der Waals surface area contributed by atoms with Gasteiger partial charge < -0.3 is 25.0 Å². The third-order valence-electron chi connectivity index (χ3n) is 3.88. The van der Waals surface area contributed by atoms with Crippen LogP contribution >= 0.6 is 0 Å². The fraction of sp³-hybridized carbons (Fsp3) is 0.316. The minimum absolute atomic E-state index is 0.124. The van der Waals surface area contributed by atoms with Crippen LogP contribution in [0.15, 0.2) is 48.5 Å². The Bertz CT molecular complexity index is 797. The van der Waals surface area contributed by atoms with Crippen molar-refractivity contribution < 1.29 is 27.4 Å². The van der Waals surface area contributed by atoms with Crippen molar-refractivity contribution >= 4 is 11.7 Å². The van der Waals surface area contributed by atoms with E-state index < -0.39 is 18.1 Å². The summed E-state index contributed by atoms with van der Waals surface area (Å²) < 4.78 is 46.0. The lowest BCUT2D eigenvalue weighted by atomic mass is 10.1. The van der Waals surface area contributed by atoms with Crippen molar-refractivity contribution in [2.24, 2.45) is 0 Å². The summed E-state index contributed by atoms with van der Waals surface area (Å²) >= 11 is 0. The van der Waals surface area contributed by atoms with Gasteiger partial charge in [0, 0.05) is 18.3 Å². The summed E-state index contributed by atoms with van der Waals surface area (Å²) in [6.07, 6.45) is -4.80. The van der Waals surface area contributed by atoms with Gasteiger partial charge in [0.1, 0.15) is 11.5 Å². The fourth-order valence-electron chi connectivity index (χ4n) is 2.58. The Labute approximate surface area is 161 Å². The van der Waals surface area contributed by atoms with Gasteiger partial charge in [-0.1, -0.05) is 18.2 Å². The Morgan fingerprint density at radius 2 is 1.79 bits per heavy atom. The third-order valence-corrected chi connectivity index (χ3v) is 3.88. The minimum atomic E-state index is -4.80. The van der Waals surface area contributed by atoms with Crippen LogP contribution in [0.25, 0.3) is 0 Å². The molecule has 9 heteroatoms. The summed E-state index contributed by atoms with van der Waals surface area (Å²) in [5, 5.41) is 5.22. The first-order chi connectivity index (χ1) is 13.2. The first kappa shape index (κ1) is 21.4. The van der Waals surface area contributed by atoms with E-state index in [4.69, 9.17) is 4.74 Å². The van der Waals surface area contributed by atoms with Gasteiger partial charge in [-0.3, -0.25) is 0 Å². The maximum absolute atomic E-state index is 12.3. The molecule has 6 nitrogen and oxygen atoms in total. The van der Waals surface area contributed by atoms with Crippen molar-refractivity contribution in [1.82, 2.24) is 10.2 Å². The number of alkyl halides is 3. The zero-order valence-corrected chi connectivity index (χ0v) is 15.7. The average molecular weight is 397 g/mol. The van der Waals surface area contributed by atoms with E-state index in [1.165, 1.54) is 12.1 Å². The number of rotatable bonds is 7. The van der Waals surface area contributed by atoms with Gasteiger partial charge in [0.15, 0.2) is 0 Å². The van der Waals surface area contributed by atoms with Gasteiger partial charge in [0.05, 0.1) is 13.2 Å². The lowest BCUT2D eigenvalue weighted by Gasteiger charge is -2.25. The summed E-state index contributed by atoms with van der Waals surface area (Å²) in [7, 11) is 5.33. The highest BCUT2D eigenvalue weighted by atomic mass is 19.4. The van der Waals surface area contributed by atoms with E-state index in [0.29, 0.717) is 5.75 Å². The number of hydrogen-bond donors (Lipinski definition) is 2. The third kappa shape index (κ3) is 6.66. The minimum Gasteiger partial charge on any atom is -0.497 e. The van der Waals surface area contributed by atoms with Crippen molar-refractivity contribution in [2.45, 2.75) is 12.4 Å². The van der Waals surface area contributed by atoms with Crippen molar-refractivity contribution in [3.8, 4) is 11.5 Å². The molecule has 0 aromatic heterocycles. The topological polar surface area (TPSA) is 62.8 Å². The van der Waals surface area contributed by atoms with E-state index in [1.54, 1.807) is 7.11 Å². The molecule has 0 radical (unpaired) electrons. The van der Waals surface area contributed by atoms with Gasteiger partial charge in [-0.25, -0.2) is 4.79 Å². The van der Waals surface area contributed by atoms with E-state index in [-0.39, 0.29) is 18.3 Å². The molecule has 0 spiro atoms. The highest BCUT2D eigenvalue weighted by molar-refractivity contribution is 5.89. The molecule has 0 heterocycles. The highest BCUT2D eigenvalue weighted by Crippen LogP contribution is 2.25. The smallest absolute Gasteiger partial charge is 0.497 e. The Balaban J connectivity index is 1.99. The van der Waals surface area contributed by atoms with Crippen LogP contribution in [0, 0.1) is 0 Å². The SMILES string of the molecule is COc1cccc(C(CNC(=O)Nc2cccc(OC(F)(F)F)c2)N(C)C)c1. The van der Waals surface area contributed by atoms with E-state index in [1.807, 2.05) is 43.3 Å². The van der Waals surface area contributed by atoms with Gasteiger partial charge in [-0.15, -0.1) is 13.2 Å². The van der Waals surface area contributed by atoms with E-state index >= 15 is 0 Å². The van der Waals surface area contributed by atoms with Crippen molar-refractivity contribution in [2.75, 3.05) is 33.1 Å². The number of methoxy groups -OCH3 is 1. The van der Waals surface area contributed by atoms with Crippen LogP contribution in [0.4, 0.5) is 23.7 Å². The maximum atomic E-state index is 12.3. The van der Waals surface area contributed by atoms with Crippen LogP contribution in [-0.4, -0.2) is 45.0 Å². The van der Waals surface area contributed by atoms with E-state index in [2.05, 4.69) is 15.4 Å². The summed E-state index contributed by atoms with van der Waals surface area (Å²) in [6, 6.07) is 11.9. The van der Waals surface area contributed by atoms with Crippen LogP contribution in [0.3, 0.4) is 0 Å². The number of urea groups is 1. The molecule has 1 atom stereocenters. The van der Waals surface area contributed by atoms with Crippen LogP contribution in [-0.2, 0) is 0 Å². The number of nitrogens with one attached hydrogen (secondary N) is 2. The van der Waals surface area contributed by atoms with Crippen LogP contribution in [0.5, 0.6) is 11.5 Å². The number of nitrogens with zero attached hydrogens (tertiary/aromatic N) is 1. The summed E-state index contributed by atoms with van der Waals surface area (Å²) in [5.74, 6) is 0.295. The number of benzene rings is 2. The second-order valence-electron chi connectivity index (χ2n) is 6.17. The zero-order valence-electron chi connectivity index (χ0n) is 15.7. The van der Waals surface area contributed by atoms with E-state index in [9.17, 15) is 18.0 Å². The van der Waals surface area contributed by atoms with Gasteiger partial charge in [-0.05, 0) is 43.9 Å². The maximum Gasteiger partial charge on any atom is 0.573 e. The molecular formula is C19H22F3N3O3. The zero-order chi connectivity index (χ0) is 20.7. The number of ether oxygens (including phenoxy) is 2. The molecule has 2 rings (SSSR count). The highest BCUT2D eigenvalue weighted by Gasteiger charge is 2.31. The summed E-state index contributed by atoms with van der Waals surface area (Å²) in [4.78, 5) is 14.1. The number of anilines is 1. The summed E-state index contributed by atoms with van der Waals surface area (Å²) in [5.41, 5.74) is 1.13. The van der Waals surface area contributed by atoms with Gasteiger partial charge in [0.25, 0.3) is 0 Å². The van der Waals surface area contributed by atoms with Gasteiger partial charge >= 0.3 is 12.4 Å². The van der Waals surface area contributed by atoms with Crippen molar-refractivity contribution in [1.29, 1.82) is 0 Å². The van der Waals surface area contributed by atoms with Crippen LogP contribution < -0.4 is 20.1 Å². The molecule has 0 bridgehead atoms. The molecule has 0 aliphatic rings. The standard InChI is InChI=1S/C19H22F3N3O3/c1-25(2)17(13-6-4-8-15(10-13)27-3)12-23-18(26)24-14-7-5-9-16(11-14)28-19(20,21)22/h4-11,17H,12H2,1-3H3,(H2,23,24,26). The molecule has 1 unspecified atom stereocenters. The fourth-order valence-corrected chi connectivity index (χ4v) is 2.58. The predicted molar refractivity (Wildman–Crippen MR) is 99.6 cm³/mol. The molecule has 0 saturated carbocycles. The molecule has 2 aromatic carbocycles. The molecule has 0 aliphatic heterocycles. The second-order valence-corrected chi connectivity index (χ2v) is 6.17. The predicted octanol–water partition coefficient (Wildman–Crippen LogP) is 4.02. The van der Waals surface area contributed by atoms with Crippen molar-refractivity contribution in [3.05, 3.63) is 54.1 Å². The molecular weight excluding hydrogens is 375 g/mol. The monoisotopic (exact) mass is 397 g/mol. The quantitative estimate of drug-likeness (QED) is 0.741. The number of likely N-dealkylation sites (N-methyl/N-ethyl adjacent to an activating group) is 1. The Morgan fingerprint density at radius 3 is 2.43 bits per heavy atom. The second kappa shape index (κ2) is 9.32. The molecule has 2 N–H and O–H groups in total. The summed E-state index contributed by atoms with van der Waals surface area (Å²) in [6.45, 7) is 0.282. The molecule has 0 fully saturated rings. The Kier molecular flexibility index (Phi) is 7.11. The molecule has 152 valence electrons. The molecule has 0 saturated heterocycles. The van der Waals surface area contributed by atoms with Crippen LogP contribution in [0.2, 0.25) is 0 Å². The Hall–Kier alpha value is -2.94. The van der Waals surface area contributed by atoms with Crippen molar-refractivity contribution in [3.63, 3.8) is 0 Å². The number of amides is 2. The Morgan fingerprint density at radius 1 is 1.11 bits per heavy atom. The largest absolute Gasteiger partial charge is 0.573 e. The molecule has 0 aliphatic carbocycles. The lowest BCUT2D eigenvalue weighted by Crippen LogP contribution is -2.36. The molecule has 28 heavy (non-hydrogen) atoms. The van der Waals surface area contributed by atoms with Gasteiger partial charge in [-0.2, -0.15) is 0 Å². The first-order valence-corrected chi connectivity index (χ1v) is 8.39. The molecule has 2 amide bonds. The van der Waals surface area contributed by atoms with Gasteiger partial charge in [0.2, 0.25) is 0 Å². The number of carbonyl (C=O) groups excluding carboxylic acids is 1.